The molecule has 0 aromatic rings. The Labute approximate surface area is 114 Å². The molecule has 7 heteroatoms. The van der Waals surface area contributed by atoms with Crippen LogP contribution in [0.15, 0.2) is 0 Å². The van der Waals surface area contributed by atoms with E-state index in [0.29, 0.717) is 6.42 Å². The van der Waals surface area contributed by atoms with Gasteiger partial charge in [-0.15, -0.1) is 0 Å². The van der Waals surface area contributed by atoms with Gasteiger partial charge in [-0.1, -0.05) is 13.8 Å². The molecule has 0 aromatic carbocycles. The van der Waals surface area contributed by atoms with E-state index in [1.807, 2.05) is 13.8 Å². The molecule has 112 valence electrons. The molecule has 0 aromatic heterocycles. The second-order valence-electron chi connectivity index (χ2n) is 5.32. The summed E-state index contributed by atoms with van der Waals surface area (Å²) in [5.41, 5.74) is 0. The monoisotopic (exact) mass is 293 g/mol. The van der Waals surface area contributed by atoms with Gasteiger partial charge in [0.15, 0.2) is 9.84 Å². The number of carboxylic acid groups (broad SMARTS) is 1. The fourth-order valence-electron chi connectivity index (χ4n) is 1.42. The van der Waals surface area contributed by atoms with Gasteiger partial charge >= 0.3 is 5.97 Å². The summed E-state index contributed by atoms with van der Waals surface area (Å²) in [7, 11) is -0.427. The van der Waals surface area contributed by atoms with Gasteiger partial charge < -0.3 is 10.0 Å². The minimum atomic E-state index is -3.44. The van der Waals surface area contributed by atoms with E-state index in [-0.39, 0.29) is 24.0 Å². The molecular weight excluding hydrogens is 270 g/mol. The lowest BCUT2D eigenvalue weighted by Crippen LogP contribution is -2.32. The summed E-state index contributed by atoms with van der Waals surface area (Å²) in [6, 6.07) is 0. The Morgan fingerprint density at radius 3 is 2.11 bits per heavy atom. The van der Waals surface area contributed by atoms with Gasteiger partial charge in [0.25, 0.3) is 0 Å². The van der Waals surface area contributed by atoms with E-state index in [1.54, 1.807) is 0 Å². The highest BCUT2D eigenvalue weighted by Crippen LogP contribution is 2.12. The van der Waals surface area contributed by atoms with Crippen molar-refractivity contribution in [3.63, 3.8) is 0 Å². The molecule has 1 amide bonds. The number of carbonyl (C=O) groups excluding carboxylic acids is 1. The Balaban J connectivity index is 4.67. The highest BCUT2D eigenvalue weighted by molar-refractivity contribution is 7.91. The van der Waals surface area contributed by atoms with E-state index < -0.39 is 27.5 Å². The number of rotatable bonds is 8. The number of aliphatic carboxylic acids is 1. The van der Waals surface area contributed by atoms with Crippen LogP contribution in [0.25, 0.3) is 0 Å². The zero-order valence-electron chi connectivity index (χ0n) is 11.9. The molecule has 1 N–H and O–H groups in total. The van der Waals surface area contributed by atoms with Gasteiger partial charge in [-0.25, -0.2) is 8.42 Å². The molecule has 0 aliphatic carbocycles. The summed E-state index contributed by atoms with van der Waals surface area (Å²) in [4.78, 5) is 23.8. The lowest BCUT2D eigenvalue weighted by atomic mass is 10.1. The molecule has 0 fully saturated rings. The molecule has 19 heavy (non-hydrogen) atoms. The number of hydrogen-bond donors (Lipinski definition) is 1. The van der Waals surface area contributed by atoms with Crippen LogP contribution in [-0.4, -0.2) is 55.9 Å². The maximum atomic E-state index is 11.8. The van der Waals surface area contributed by atoms with E-state index in [1.165, 1.54) is 19.0 Å². The first kappa shape index (κ1) is 17.9. The summed E-state index contributed by atoms with van der Waals surface area (Å²) in [5, 5.41) is 9.01. The van der Waals surface area contributed by atoms with Crippen LogP contribution in [0.2, 0.25) is 0 Å². The van der Waals surface area contributed by atoms with Crippen LogP contribution >= 0.6 is 0 Å². The van der Waals surface area contributed by atoms with Crippen LogP contribution in [0, 0.1) is 11.8 Å². The molecule has 0 aliphatic heterocycles. The highest BCUT2D eigenvalue weighted by Gasteiger charge is 2.28. The van der Waals surface area contributed by atoms with Crippen molar-refractivity contribution in [3.05, 3.63) is 0 Å². The van der Waals surface area contributed by atoms with Gasteiger partial charge in [-0.05, 0) is 12.3 Å². The Hall–Kier alpha value is -1.11. The van der Waals surface area contributed by atoms with Crippen molar-refractivity contribution in [2.75, 3.05) is 25.6 Å². The van der Waals surface area contributed by atoms with Crippen LogP contribution in [0.5, 0.6) is 0 Å². The van der Waals surface area contributed by atoms with Gasteiger partial charge in [0, 0.05) is 20.5 Å². The quantitative estimate of drug-likeness (QED) is 0.708. The molecule has 0 spiro atoms. The summed E-state index contributed by atoms with van der Waals surface area (Å²) >= 11 is 0. The van der Waals surface area contributed by atoms with E-state index in [0.717, 1.165) is 0 Å². The zero-order valence-corrected chi connectivity index (χ0v) is 12.7. The second kappa shape index (κ2) is 7.47. The van der Waals surface area contributed by atoms with Gasteiger partial charge in [0.05, 0.1) is 17.4 Å². The lowest BCUT2D eigenvalue weighted by molar-refractivity contribution is -0.144. The van der Waals surface area contributed by atoms with Crippen LogP contribution < -0.4 is 0 Å². The first-order valence-electron chi connectivity index (χ1n) is 6.18. The summed E-state index contributed by atoms with van der Waals surface area (Å²) in [6.45, 7) is 3.81. The SMILES string of the molecule is CC(C)CCS(=O)(=O)CC(CC(=O)N(C)C)C(=O)O. The first-order chi connectivity index (χ1) is 8.55. The van der Waals surface area contributed by atoms with Crippen molar-refractivity contribution in [1.82, 2.24) is 4.90 Å². The summed E-state index contributed by atoms with van der Waals surface area (Å²) < 4.78 is 23.6. The smallest absolute Gasteiger partial charge is 0.308 e. The van der Waals surface area contributed by atoms with E-state index in [9.17, 15) is 18.0 Å². The van der Waals surface area contributed by atoms with Crippen LogP contribution in [0.1, 0.15) is 26.7 Å². The molecule has 6 nitrogen and oxygen atoms in total. The van der Waals surface area contributed by atoms with Crippen LogP contribution in [0.4, 0.5) is 0 Å². The standard InChI is InChI=1S/C12H23NO5S/c1-9(2)5-6-19(17,18)8-10(12(15)16)7-11(14)13(3)4/h9-10H,5-8H2,1-4H3,(H,15,16). The minimum Gasteiger partial charge on any atom is -0.481 e. The van der Waals surface area contributed by atoms with Crippen molar-refractivity contribution in [2.45, 2.75) is 26.7 Å². The zero-order chi connectivity index (χ0) is 15.2. The van der Waals surface area contributed by atoms with Crippen molar-refractivity contribution in [3.8, 4) is 0 Å². The Morgan fingerprint density at radius 2 is 1.74 bits per heavy atom. The van der Waals surface area contributed by atoms with Crippen molar-refractivity contribution >= 4 is 21.7 Å². The predicted octanol–water partition coefficient (Wildman–Crippen LogP) is 0.626. The van der Waals surface area contributed by atoms with Gasteiger partial charge in [-0.2, -0.15) is 0 Å². The minimum absolute atomic E-state index is 0.0371. The Morgan fingerprint density at radius 1 is 1.21 bits per heavy atom. The van der Waals surface area contributed by atoms with Crippen molar-refractivity contribution in [2.24, 2.45) is 11.8 Å². The molecule has 0 rings (SSSR count). The largest absolute Gasteiger partial charge is 0.481 e. The molecule has 0 saturated heterocycles. The van der Waals surface area contributed by atoms with E-state index in [4.69, 9.17) is 5.11 Å². The first-order valence-corrected chi connectivity index (χ1v) is 8.00. The van der Waals surface area contributed by atoms with Crippen LogP contribution in [-0.2, 0) is 19.4 Å². The number of nitrogens with zero attached hydrogens (tertiary/aromatic N) is 1. The molecule has 1 unspecified atom stereocenters. The van der Waals surface area contributed by atoms with E-state index in [2.05, 4.69) is 0 Å². The van der Waals surface area contributed by atoms with Crippen molar-refractivity contribution in [1.29, 1.82) is 0 Å². The fourth-order valence-corrected chi connectivity index (χ4v) is 3.29. The average Bonchev–Trinajstić information content (AvgIpc) is 2.25. The molecule has 1 atom stereocenters. The normalized spacial score (nSPS) is 13.3. The van der Waals surface area contributed by atoms with Gasteiger partial charge in [0.1, 0.15) is 0 Å². The molecule has 0 aliphatic rings. The third-order valence-electron chi connectivity index (χ3n) is 2.73. The predicted molar refractivity (Wildman–Crippen MR) is 72.5 cm³/mol. The summed E-state index contributed by atoms with van der Waals surface area (Å²) in [5.74, 6) is -3.08. The molecule has 0 bridgehead atoms. The molecule has 0 heterocycles. The number of carbonyl (C=O) groups is 2. The summed E-state index contributed by atoms with van der Waals surface area (Å²) in [6.07, 6.45) is 0.208. The Kier molecular flexibility index (Phi) is 7.04. The maximum absolute atomic E-state index is 11.8. The molecule has 0 radical (unpaired) electrons. The van der Waals surface area contributed by atoms with Gasteiger partial charge in [0.2, 0.25) is 5.91 Å². The Bertz CT molecular complexity index is 414. The van der Waals surface area contributed by atoms with Gasteiger partial charge in [-0.3, -0.25) is 9.59 Å². The highest BCUT2D eigenvalue weighted by atomic mass is 32.2. The third kappa shape index (κ3) is 7.81. The number of hydrogen-bond acceptors (Lipinski definition) is 4. The lowest BCUT2D eigenvalue weighted by Gasteiger charge is -2.16. The van der Waals surface area contributed by atoms with Crippen molar-refractivity contribution < 1.29 is 23.1 Å². The van der Waals surface area contributed by atoms with Crippen LogP contribution in [0.3, 0.4) is 0 Å². The topological polar surface area (TPSA) is 91.8 Å². The molecule has 0 saturated carbocycles. The third-order valence-corrected chi connectivity index (χ3v) is 4.50. The number of amides is 1. The average molecular weight is 293 g/mol. The number of carboxylic acids is 1. The second-order valence-corrected chi connectivity index (χ2v) is 7.55. The molecular formula is C12H23NO5S. The number of sulfone groups is 1. The maximum Gasteiger partial charge on any atom is 0.308 e. The van der Waals surface area contributed by atoms with E-state index >= 15 is 0 Å². The fraction of sp³-hybridized carbons (Fsp3) is 0.833.